The van der Waals surface area contributed by atoms with Crippen molar-refractivity contribution in [3.63, 3.8) is 0 Å². The Labute approximate surface area is 126 Å². The second kappa shape index (κ2) is 7.22. The Morgan fingerprint density at radius 3 is 2.48 bits per heavy atom. The lowest BCUT2D eigenvalue weighted by atomic mass is 9.94. The van der Waals surface area contributed by atoms with Gasteiger partial charge < -0.3 is 20.7 Å². The van der Waals surface area contributed by atoms with E-state index < -0.39 is 0 Å². The molecule has 0 aromatic carbocycles. The van der Waals surface area contributed by atoms with Crippen molar-refractivity contribution in [2.75, 3.05) is 26.8 Å². The smallest absolute Gasteiger partial charge is 0.248 e. The van der Waals surface area contributed by atoms with Crippen LogP contribution in [-0.2, 0) is 14.3 Å². The quantitative estimate of drug-likeness (QED) is 0.769. The Balaban J connectivity index is 1.70. The molecule has 0 spiro atoms. The standard InChI is InChI=1S/C15H27N3O3/c1-21-11-14(20)18-8-4-12(5-9-18)17-13(19)10-15(16)6-2-3-7-15/h12H,2-11,16H2,1H3,(H,17,19). The molecule has 1 saturated carbocycles. The van der Waals surface area contributed by atoms with Crippen LogP contribution in [0.1, 0.15) is 44.9 Å². The Hall–Kier alpha value is -1.14. The number of likely N-dealkylation sites (tertiary alicyclic amines) is 1. The first-order valence-electron chi connectivity index (χ1n) is 7.87. The van der Waals surface area contributed by atoms with Crippen molar-refractivity contribution in [3.05, 3.63) is 0 Å². The molecular formula is C15H27N3O3. The maximum absolute atomic E-state index is 12.1. The Kier molecular flexibility index (Phi) is 5.58. The summed E-state index contributed by atoms with van der Waals surface area (Å²) in [6.45, 7) is 1.49. The Bertz CT molecular complexity index is 372. The number of nitrogens with one attached hydrogen (secondary N) is 1. The first-order chi connectivity index (χ1) is 10.0. The fraction of sp³-hybridized carbons (Fsp3) is 0.867. The molecule has 0 aromatic rings. The first kappa shape index (κ1) is 16.2. The third-order valence-corrected chi connectivity index (χ3v) is 4.59. The zero-order valence-electron chi connectivity index (χ0n) is 12.9. The van der Waals surface area contributed by atoms with Gasteiger partial charge in [-0.1, -0.05) is 12.8 Å². The normalized spacial score (nSPS) is 22.3. The minimum atomic E-state index is -0.292. The average Bonchev–Trinajstić information content (AvgIpc) is 2.86. The van der Waals surface area contributed by atoms with Gasteiger partial charge in [0.15, 0.2) is 0 Å². The highest BCUT2D eigenvalue weighted by Crippen LogP contribution is 2.30. The predicted octanol–water partition coefficient (Wildman–Crippen LogP) is 0.402. The van der Waals surface area contributed by atoms with E-state index in [2.05, 4.69) is 5.32 Å². The molecule has 0 radical (unpaired) electrons. The summed E-state index contributed by atoms with van der Waals surface area (Å²) >= 11 is 0. The predicted molar refractivity (Wildman–Crippen MR) is 79.6 cm³/mol. The van der Waals surface area contributed by atoms with E-state index in [9.17, 15) is 9.59 Å². The zero-order chi connectivity index (χ0) is 15.3. The lowest BCUT2D eigenvalue weighted by molar-refractivity contribution is -0.136. The van der Waals surface area contributed by atoms with E-state index in [4.69, 9.17) is 10.5 Å². The van der Waals surface area contributed by atoms with E-state index >= 15 is 0 Å². The van der Waals surface area contributed by atoms with Gasteiger partial charge in [0, 0.05) is 38.2 Å². The monoisotopic (exact) mass is 297 g/mol. The lowest BCUT2D eigenvalue weighted by Gasteiger charge is -2.33. The van der Waals surface area contributed by atoms with Gasteiger partial charge in [0.2, 0.25) is 11.8 Å². The summed E-state index contributed by atoms with van der Waals surface area (Å²) in [4.78, 5) is 25.6. The van der Waals surface area contributed by atoms with Gasteiger partial charge in [0.1, 0.15) is 6.61 Å². The number of ether oxygens (including phenoxy) is 1. The summed E-state index contributed by atoms with van der Waals surface area (Å²) in [7, 11) is 1.52. The molecular weight excluding hydrogens is 270 g/mol. The van der Waals surface area contributed by atoms with Crippen molar-refractivity contribution in [1.82, 2.24) is 10.2 Å². The van der Waals surface area contributed by atoms with E-state index in [-0.39, 0.29) is 30.0 Å². The topological polar surface area (TPSA) is 84.7 Å². The maximum Gasteiger partial charge on any atom is 0.248 e. The molecule has 3 N–H and O–H groups in total. The molecule has 6 heteroatoms. The fourth-order valence-electron chi connectivity index (χ4n) is 3.34. The second-order valence-electron chi connectivity index (χ2n) is 6.40. The summed E-state index contributed by atoms with van der Waals surface area (Å²) in [6.07, 6.45) is 6.19. The molecule has 1 heterocycles. The van der Waals surface area contributed by atoms with Crippen LogP contribution in [0.15, 0.2) is 0 Å². The van der Waals surface area contributed by atoms with Crippen LogP contribution in [0, 0.1) is 0 Å². The fourth-order valence-corrected chi connectivity index (χ4v) is 3.34. The molecule has 0 aromatic heterocycles. The molecule has 120 valence electrons. The number of nitrogens with two attached hydrogens (primary N) is 1. The number of methoxy groups -OCH3 is 1. The number of carbonyl (C=O) groups excluding carboxylic acids is 2. The number of amides is 2. The highest BCUT2D eigenvalue weighted by molar-refractivity contribution is 5.78. The number of piperidine rings is 1. The van der Waals surface area contributed by atoms with E-state index in [0.29, 0.717) is 19.5 Å². The van der Waals surface area contributed by atoms with Crippen LogP contribution in [0.3, 0.4) is 0 Å². The van der Waals surface area contributed by atoms with Gasteiger partial charge in [-0.2, -0.15) is 0 Å². The maximum atomic E-state index is 12.1. The third kappa shape index (κ3) is 4.68. The number of hydrogen-bond acceptors (Lipinski definition) is 4. The van der Waals surface area contributed by atoms with E-state index in [1.807, 2.05) is 0 Å². The number of nitrogens with zero attached hydrogens (tertiary/aromatic N) is 1. The van der Waals surface area contributed by atoms with Crippen LogP contribution in [0.4, 0.5) is 0 Å². The number of hydrogen-bond donors (Lipinski definition) is 2. The molecule has 1 aliphatic carbocycles. The highest BCUT2D eigenvalue weighted by Gasteiger charge is 2.32. The number of carbonyl (C=O) groups is 2. The molecule has 2 rings (SSSR count). The second-order valence-corrected chi connectivity index (χ2v) is 6.40. The summed E-state index contributed by atoms with van der Waals surface area (Å²) in [5.41, 5.74) is 5.94. The van der Waals surface area contributed by atoms with Crippen LogP contribution in [-0.4, -0.2) is 55.1 Å². The van der Waals surface area contributed by atoms with Gasteiger partial charge in [-0.3, -0.25) is 9.59 Å². The molecule has 2 amide bonds. The van der Waals surface area contributed by atoms with Crippen LogP contribution in [0.2, 0.25) is 0 Å². The molecule has 0 atom stereocenters. The van der Waals surface area contributed by atoms with Gasteiger partial charge in [0.05, 0.1) is 0 Å². The van der Waals surface area contributed by atoms with E-state index in [1.165, 1.54) is 7.11 Å². The molecule has 0 unspecified atom stereocenters. The van der Waals surface area contributed by atoms with Crippen LogP contribution < -0.4 is 11.1 Å². The van der Waals surface area contributed by atoms with Crippen LogP contribution in [0.25, 0.3) is 0 Å². The molecule has 2 aliphatic rings. The zero-order valence-corrected chi connectivity index (χ0v) is 12.9. The molecule has 1 saturated heterocycles. The summed E-state index contributed by atoms with van der Waals surface area (Å²) in [6, 6.07) is 0.161. The molecule has 1 aliphatic heterocycles. The van der Waals surface area contributed by atoms with Gasteiger partial charge in [-0.05, 0) is 25.7 Å². The summed E-state index contributed by atoms with van der Waals surface area (Å²) in [5.74, 6) is 0.0789. The SMILES string of the molecule is COCC(=O)N1CCC(NC(=O)CC2(N)CCCC2)CC1. The van der Waals surface area contributed by atoms with Gasteiger partial charge in [0.25, 0.3) is 0 Å². The Morgan fingerprint density at radius 2 is 1.90 bits per heavy atom. The lowest BCUT2D eigenvalue weighted by Crippen LogP contribution is -2.49. The van der Waals surface area contributed by atoms with Gasteiger partial charge in [-0.25, -0.2) is 0 Å². The van der Waals surface area contributed by atoms with Gasteiger partial charge >= 0.3 is 0 Å². The average molecular weight is 297 g/mol. The van der Waals surface area contributed by atoms with Crippen LogP contribution in [0.5, 0.6) is 0 Å². The molecule has 0 bridgehead atoms. The van der Waals surface area contributed by atoms with Gasteiger partial charge in [-0.15, -0.1) is 0 Å². The van der Waals surface area contributed by atoms with Crippen molar-refractivity contribution < 1.29 is 14.3 Å². The minimum Gasteiger partial charge on any atom is -0.375 e. The van der Waals surface area contributed by atoms with E-state index in [1.54, 1.807) is 4.90 Å². The van der Waals surface area contributed by atoms with E-state index in [0.717, 1.165) is 38.5 Å². The van der Waals surface area contributed by atoms with Crippen LogP contribution >= 0.6 is 0 Å². The first-order valence-corrected chi connectivity index (χ1v) is 7.87. The summed E-state index contributed by atoms with van der Waals surface area (Å²) < 4.78 is 4.86. The van der Waals surface area contributed by atoms with Crippen molar-refractivity contribution in [2.24, 2.45) is 5.73 Å². The highest BCUT2D eigenvalue weighted by atomic mass is 16.5. The van der Waals surface area contributed by atoms with Crippen molar-refractivity contribution >= 4 is 11.8 Å². The van der Waals surface area contributed by atoms with Crippen molar-refractivity contribution in [1.29, 1.82) is 0 Å². The van der Waals surface area contributed by atoms with Crippen molar-refractivity contribution in [2.45, 2.75) is 56.5 Å². The molecule has 2 fully saturated rings. The largest absolute Gasteiger partial charge is 0.375 e. The molecule has 21 heavy (non-hydrogen) atoms. The summed E-state index contributed by atoms with van der Waals surface area (Å²) in [5, 5.41) is 3.07. The minimum absolute atomic E-state index is 0.0224. The Morgan fingerprint density at radius 1 is 1.29 bits per heavy atom. The third-order valence-electron chi connectivity index (χ3n) is 4.59. The van der Waals surface area contributed by atoms with Crippen molar-refractivity contribution in [3.8, 4) is 0 Å². The number of rotatable bonds is 5. The molecule has 6 nitrogen and oxygen atoms in total.